The molecule has 0 aliphatic carbocycles. The molecule has 1 aliphatic rings. The van der Waals surface area contributed by atoms with Gasteiger partial charge in [-0.2, -0.15) is 13.2 Å². The number of carbonyl (C=O) groups is 2. The summed E-state index contributed by atoms with van der Waals surface area (Å²) in [6.07, 6.45) is -6.07. The Morgan fingerprint density at radius 2 is 1.83 bits per heavy atom. The fourth-order valence-corrected chi connectivity index (χ4v) is 5.38. The van der Waals surface area contributed by atoms with Crippen LogP contribution in [0.3, 0.4) is 0 Å². The van der Waals surface area contributed by atoms with Crippen LogP contribution in [0.1, 0.15) is 28.4 Å². The predicted octanol–water partition coefficient (Wildman–Crippen LogP) is 4.53. The van der Waals surface area contributed by atoms with Crippen LogP contribution in [0.2, 0.25) is 10.0 Å². The van der Waals surface area contributed by atoms with Gasteiger partial charge in [0.2, 0.25) is 0 Å². The molecule has 14 heteroatoms. The standard InChI is InChI=1S/C22H22Cl2F3N3O5S/c1-3-36(34,35)19-5-4-13(23)8-18(19)29(2)20(31)12-6-16(22(25,26)27)15(17(24)7-12)11-30-9-14(10-30)28-21(32)33/h4-8,14,28H,3,9-11H2,1-2H3,(H,32,33). The Hall–Kier alpha value is -2.54. The van der Waals surface area contributed by atoms with Gasteiger partial charge in [0.15, 0.2) is 9.84 Å². The normalized spacial score (nSPS) is 14.9. The first kappa shape index (κ1) is 28.0. The highest BCUT2D eigenvalue weighted by molar-refractivity contribution is 7.91. The Kier molecular flexibility index (Phi) is 8.13. The molecule has 0 saturated carbocycles. The quantitative estimate of drug-likeness (QED) is 0.509. The molecule has 36 heavy (non-hydrogen) atoms. The first-order chi connectivity index (χ1) is 16.6. The minimum absolute atomic E-state index is 0.0827. The second kappa shape index (κ2) is 10.4. The zero-order valence-electron chi connectivity index (χ0n) is 19.1. The van der Waals surface area contributed by atoms with Crippen molar-refractivity contribution >= 4 is 50.7 Å². The molecule has 2 amide bonds. The highest BCUT2D eigenvalue weighted by Crippen LogP contribution is 2.38. The Morgan fingerprint density at radius 3 is 2.39 bits per heavy atom. The van der Waals surface area contributed by atoms with E-state index in [0.29, 0.717) is 6.07 Å². The average Bonchev–Trinajstić information content (AvgIpc) is 2.76. The number of halogens is 5. The Morgan fingerprint density at radius 1 is 1.19 bits per heavy atom. The molecule has 8 nitrogen and oxygen atoms in total. The minimum Gasteiger partial charge on any atom is -0.465 e. The van der Waals surface area contributed by atoms with Crippen molar-refractivity contribution in [2.24, 2.45) is 0 Å². The number of benzene rings is 2. The second-order valence-corrected chi connectivity index (χ2v) is 11.3. The molecule has 0 radical (unpaired) electrons. The predicted molar refractivity (Wildman–Crippen MR) is 129 cm³/mol. The maximum atomic E-state index is 13.9. The molecular weight excluding hydrogens is 546 g/mol. The zero-order valence-corrected chi connectivity index (χ0v) is 21.4. The molecule has 0 aromatic heterocycles. The van der Waals surface area contributed by atoms with Crippen molar-refractivity contribution in [1.82, 2.24) is 10.2 Å². The van der Waals surface area contributed by atoms with Crippen LogP contribution in [0.5, 0.6) is 0 Å². The van der Waals surface area contributed by atoms with Crippen LogP contribution in [-0.2, 0) is 22.6 Å². The van der Waals surface area contributed by atoms with Gasteiger partial charge in [-0.1, -0.05) is 30.1 Å². The van der Waals surface area contributed by atoms with Crippen LogP contribution >= 0.6 is 23.2 Å². The van der Waals surface area contributed by atoms with Gasteiger partial charge in [0.25, 0.3) is 5.91 Å². The van der Waals surface area contributed by atoms with Gasteiger partial charge in [0, 0.05) is 42.3 Å². The van der Waals surface area contributed by atoms with Gasteiger partial charge in [-0.3, -0.25) is 9.69 Å². The summed E-state index contributed by atoms with van der Waals surface area (Å²) < 4.78 is 66.9. The minimum atomic E-state index is -4.84. The molecule has 0 bridgehead atoms. The summed E-state index contributed by atoms with van der Waals surface area (Å²) in [6, 6.07) is 5.18. The molecule has 2 aromatic carbocycles. The van der Waals surface area contributed by atoms with E-state index in [1.54, 1.807) is 4.90 Å². The summed E-state index contributed by atoms with van der Waals surface area (Å²) in [7, 11) is -2.55. The lowest BCUT2D eigenvalue weighted by atomic mass is 9.99. The van der Waals surface area contributed by atoms with E-state index in [0.717, 1.165) is 11.0 Å². The number of carboxylic acid groups (broad SMARTS) is 1. The number of likely N-dealkylation sites (tertiary alicyclic amines) is 1. The number of alkyl halides is 3. The van der Waals surface area contributed by atoms with Crippen molar-refractivity contribution in [3.05, 3.63) is 57.1 Å². The molecule has 1 saturated heterocycles. The summed E-state index contributed by atoms with van der Waals surface area (Å²) in [4.78, 5) is 26.2. The maximum absolute atomic E-state index is 13.9. The van der Waals surface area contributed by atoms with Crippen LogP contribution in [0.25, 0.3) is 0 Å². The summed E-state index contributed by atoms with van der Waals surface area (Å²) in [6.45, 7) is 1.62. The number of hydrogen-bond donors (Lipinski definition) is 2. The molecule has 2 aromatic rings. The van der Waals surface area contributed by atoms with Crippen LogP contribution in [0.4, 0.5) is 23.7 Å². The topological polar surface area (TPSA) is 107 Å². The number of hydrogen-bond acceptors (Lipinski definition) is 5. The third kappa shape index (κ3) is 6.05. The molecule has 196 valence electrons. The van der Waals surface area contributed by atoms with Gasteiger partial charge < -0.3 is 15.3 Å². The average molecular weight is 568 g/mol. The van der Waals surface area contributed by atoms with E-state index in [1.165, 1.54) is 32.2 Å². The van der Waals surface area contributed by atoms with Gasteiger partial charge in [0.1, 0.15) is 0 Å². The maximum Gasteiger partial charge on any atom is 0.416 e. The number of rotatable bonds is 7. The van der Waals surface area contributed by atoms with E-state index in [9.17, 15) is 31.2 Å². The number of nitrogens with zero attached hydrogens (tertiary/aromatic N) is 2. The number of amides is 2. The van der Waals surface area contributed by atoms with Gasteiger partial charge in [-0.15, -0.1) is 0 Å². The molecule has 0 atom stereocenters. The molecule has 0 spiro atoms. The van der Waals surface area contributed by atoms with Crippen molar-refractivity contribution < 1.29 is 36.3 Å². The highest BCUT2D eigenvalue weighted by atomic mass is 35.5. The fourth-order valence-electron chi connectivity index (χ4n) is 3.84. The van der Waals surface area contributed by atoms with Crippen LogP contribution in [-0.4, -0.2) is 62.4 Å². The van der Waals surface area contributed by atoms with Gasteiger partial charge in [-0.25, -0.2) is 13.2 Å². The highest BCUT2D eigenvalue weighted by Gasteiger charge is 2.38. The second-order valence-electron chi connectivity index (χ2n) is 8.20. The lowest BCUT2D eigenvalue weighted by Crippen LogP contribution is -2.58. The zero-order chi connectivity index (χ0) is 27.0. The number of sulfone groups is 1. The third-order valence-electron chi connectivity index (χ3n) is 5.72. The lowest BCUT2D eigenvalue weighted by Gasteiger charge is -2.39. The molecule has 3 rings (SSSR count). The van der Waals surface area contributed by atoms with Gasteiger partial charge in [-0.05, 0) is 35.9 Å². The van der Waals surface area contributed by atoms with Crippen molar-refractivity contribution in [2.75, 3.05) is 30.8 Å². The summed E-state index contributed by atoms with van der Waals surface area (Å²) in [5.41, 5.74) is -1.85. The molecule has 1 heterocycles. The first-order valence-corrected chi connectivity index (χ1v) is 13.0. The SMILES string of the molecule is CCS(=O)(=O)c1ccc(Cl)cc1N(C)C(=O)c1cc(Cl)c(CN2CC(NC(=O)O)C2)c(C(F)(F)F)c1. The number of carbonyl (C=O) groups excluding carboxylic acids is 1. The molecule has 0 unspecified atom stereocenters. The number of anilines is 1. The molecular formula is C22H22Cl2F3N3O5S. The van der Waals surface area contributed by atoms with Crippen LogP contribution in [0, 0.1) is 0 Å². The van der Waals surface area contributed by atoms with E-state index in [-0.39, 0.29) is 51.6 Å². The van der Waals surface area contributed by atoms with Gasteiger partial charge in [0.05, 0.1) is 27.9 Å². The smallest absolute Gasteiger partial charge is 0.416 e. The Bertz CT molecular complexity index is 1300. The lowest BCUT2D eigenvalue weighted by molar-refractivity contribution is -0.138. The Balaban J connectivity index is 1.96. The van der Waals surface area contributed by atoms with E-state index >= 15 is 0 Å². The van der Waals surface area contributed by atoms with Crippen molar-refractivity contribution in [2.45, 2.75) is 30.6 Å². The van der Waals surface area contributed by atoms with E-state index < -0.39 is 45.2 Å². The first-order valence-electron chi connectivity index (χ1n) is 10.6. The molecule has 2 N–H and O–H groups in total. The van der Waals surface area contributed by atoms with E-state index in [2.05, 4.69) is 5.32 Å². The molecule has 1 fully saturated rings. The largest absolute Gasteiger partial charge is 0.465 e. The van der Waals surface area contributed by atoms with E-state index in [1.807, 2.05) is 0 Å². The van der Waals surface area contributed by atoms with Crippen molar-refractivity contribution in [3.8, 4) is 0 Å². The number of nitrogens with one attached hydrogen (secondary N) is 1. The van der Waals surface area contributed by atoms with Crippen molar-refractivity contribution in [1.29, 1.82) is 0 Å². The third-order valence-corrected chi connectivity index (χ3v) is 8.06. The summed E-state index contributed by atoms with van der Waals surface area (Å²) in [5.74, 6) is -1.18. The fraction of sp³-hybridized carbons (Fsp3) is 0.364. The monoisotopic (exact) mass is 567 g/mol. The van der Waals surface area contributed by atoms with Crippen molar-refractivity contribution in [3.63, 3.8) is 0 Å². The molecule has 1 aliphatic heterocycles. The van der Waals surface area contributed by atoms with Crippen LogP contribution < -0.4 is 10.2 Å². The van der Waals surface area contributed by atoms with Gasteiger partial charge >= 0.3 is 12.3 Å². The Labute approximate surface area is 215 Å². The summed E-state index contributed by atoms with van der Waals surface area (Å²) >= 11 is 12.2. The van der Waals surface area contributed by atoms with Crippen LogP contribution in [0.15, 0.2) is 35.2 Å². The summed E-state index contributed by atoms with van der Waals surface area (Å²) in [5, 5.41) is 10.8. The van der Waals surface area contributed by atoms with E-state index in [4.69, 9.17) is 28.3 Å².